The predicted octanol–water partition coefficient (Wildman–Crippen LogP) is 2.77. The zero-order valence-corrected chi connectivity index (χ0v) is 12.9. The Hall–Kier alpha value is -2.04. The number of nitrogens with one attached hydrogen (secondary N) is 1. The number of carboxylic acids is 1. The van der Waals surface area contributed by atoms with Crippen LogP contribution in [0.15, 0.2) is 18.2 Å². The molecule has 0 saturated heterocycles. The smallest absolute Gasteiger partial charge is 0.339 e. The van der Waals surface area contributed by atoms with E-state index in [9.17, 15) is 9.59 Å². The van der Waals surface area contributed by atoms with Gasteiger partial charge in [-0.1, -0.05) is 25.3 Å². The maximum absolute atomic E-state index is 12.1. The van der Waals surface area contributed by atoms with Crippen LogP contribution in [-0.4, -0.2) is 29.6 Å². The van der Waals surface area contributed by atoms with Crippen molar-refractivity contribution < 1.29 is 19.4 Å². The average molecular weight is 305 g/mol. The summed E-state index contributed by atoms with van der Waals surface area (Å²) in [7, 11) is 0. The van der Waals surface area contributed by atoms with Crippen LogP contribution in [0.4, 0.5) is 0 Å². The molecule has 2 rings (SSSR count). The number of hydrogen-bond donors (Lipinski definition) is 2. The number of ether oxygens (including phenoxy) is 1. The van der Waals surface area contributed by atoms with Crippen LogP contribution in [0.5, 0.6) is 5.75 Å². The predicted molar refractivity (Wildman–Crippen MR) is 83.3 cm³/mol. The summed E-state index contributed by atoms with van der Waals surface area (Å²) < 4.78 is 5.36. The third-order valence-corrected chi connectivity index (χ3v) is 3.91. The molecule has 1 aromatic carbocycles. The van der Waals surface area contributed by atoms with Gasteiger partial charge in [0.1, 0.15) is 11.3 Å². The fraction of sp³-hybridized carbons (Fsp3) is 0.529. The Morgan fingerprint density at radius 1 is 1.27 bits per heavy atom. The number of hydrogen-bond acceptors (Lipinski definition) is 3. The molecule has 1 saturated carbocycles. The Balaban J connectivity index is 2.00. The van der Waals surface area contributed by atoms with E-state index >= 15 is 0 Å². The molecule has 120 valence electrons. The van der Waals surface area contributed by atoms with Crippen molar-refractivity contribution in [3.8, 4) is 5.75 Å². The third-order valence-electron chi connectivity index (χ3n) is 3.91. The van der Waals surface area contributed by atoms with Gasteiger partial charge in [-0.3, -0.25) is 4.79 Å². The van der Waals surface area contributed by atoms with E-state index in [0.29, 0.717) is 12.4 Å². The van der Waals surface area contributed by atoms with E-state index in [4.69, 9.17) is 9.84 Å². The SMILES string of the molecule is CCOc1cc(CC(=O)NC2CCCCC2)ccc1C(=O)O. The van der Waals surface area contributed by atoms with Crippen molar-refractivity contribution in [2.45, 2.75) is 51.5 Å². The minimum atomic E-state index is -1.03. The maximum atomic E-state index is 12.1. The minimum absolute atomic E-state index is 0.0163. The normalized spacial score (nSPS) is 15.3. The summed E-state index contributed by atoms with van der Waals surface area (Å²) in [6.07, 6.45) is 5.94. The Morgan fingerprint density at radius 3 is 2.64 bits per heavy atom. The van der Waals surface area contributed by atoms with E-state index in [1.165, 1.54) is 25.3 Å². The molecule has 1 amide bonds. The van der Waals surface area contributed by atoms with E-state index in [1.807, 2.05) is 0 Å². The first kappa shape index (κ1) is 16.3. The summed E-state index contributed by atoms with van der Waals surface area (Å²) in [5.41, 5.74) is 0.889. The molecule has 1 aliphatic rings. The fourth-order valence-corrected chi connectivity index (χ4v) is 2.84. The second-order valence-corrected chi connectivity index (χ2v) is 5.65. The van der Waals surface area contributed by atoms with E-state index in [0.717, 1.165) is 18.4 Å². The van der Waals surface area contributed by atoms with Crippen molar-refractivity contribution in [2.75, 3.05) is 6.61 Å². The van der Waals surface area contributed by atoms with Gasteiger partial charge in [0.25, 0.3) is 0 Å². The molecule has 2 N–H and O–H groups in total. The van der Waals surface area contributed by atoms with E-state index in [-0.39, 0.29) is 23.9 Å². The number of carbonyl (C=O) groups excluding carboxylic acids is 1. The fourth-order valence-electron chi connectivity index (χ4n) is 2.84. The average Bonchev–Trinajstić information content (AvgIpc) is 2.48. The molecule has 0 radical (unpaired) electrons. The van der Waals surface area contributed by atoms with Gasteiger partial charge in [-0.2, -0.15) is 0 Å². The van der Waals surface area contributed by atoms with Crippen LogP contribution < -0.4 is 10.1 Å². The number of aromatic carboxylic acids is 1. The van der Waals surface area contributed by atoms with Crippen molar-refractivity contribution in [2.24, 2.45) is 0 Å². The summed E-state index contributed by atoms with van der Waals surface area (Å²) in [6, 6.07) is 5.10. The quantitative estimate of drug-likeness (QED) is 0.847. The van der Waals surface area contributed by atoms with Crippen molar-refractivity contribution in [3.05, 3.63) is 29.3 Å². The molecule has 5 heteroatoms. The van der Waals surface area contributed by atoms with E-state index < -0.39 is 5.97 Å². The minimum Gasteiger partial charge on any atom is -0.493 e. The molecule has 0 unspecified atom stereocenters. The van der Waals surface area contributed by atoms with Gasteiger partial charge < -0.3 is 15.2 Å². The third kappa shape index (κ3) is 4.48. The lowest BCUT2D eigenvalue weighted by Crippen LogP contribution is -2.37. The molecule has 5 nitrogen and oxygen atoms in total. The number of carbonyl (C=O) groups is 2. The Bertz CT molecular complexity index is 535. The molecule has 0 aromatic heterocycles. The van der Waals surface area contributed by atoms with Gasteiger partial charge in [0.05, 0.1) is 13.0 Å². The number of amides is 1. The van der Waals surface area contributed by atoms with E-state index in [1.54, 1.807) is 19.1 Å². The van der Waals surface area contributed by atoms with Gasteiger partial charge >= 0.3 is 5.97 Å². The van der Waals surface area contributed by atoms with E-state index in [2.05, 4.69) is 5.32 Å². The highest BCUT2D eigenvalue weighted by molar-refractivity contribution is 5.91. The van der Waals surface area contributed by atoms with Crippen LogP contribution in [0.1, 0.15) is 54.9 Å². The number of rotatable bonds is 6. The number of carboxylic acid groups (broad SMARTS) is 1. The Morgan fingerprint density at radius 2 is 2.00 bits per heavy atom. The first-order valence-electron chi connectivity index (χ1n) is 7.88. The van der Waals surface area contributed by atoms with Gasteiger partial charge in [-0.05, 0) is 37.5 Å². The van der Waals surface area contributed by atoms with Crippen molar-refractivity contribution in [1.29, 1.82) is 0 Å². The molecule has 0 atom stereocenters. The first-order valence-corrected chi connectivity index (χ1v) is 7.88. The van der Waals surface area contributed by atoms with Gasteiger partial charge in [0.2, 0.25) is 5.91 Å². The molecule has 0 spiro atoms. The summed E-state index contributed by atoms with van der Waals surface area (Å²) in [6.45, 7) is 2.19. The lowest BCUT2D eigenvalue weighted by atomic mass is 9.95. The largest absolute Gasteiger partial charge is 0.493 e. The van der Waals surface area contributed by atoms with Crippen LogP contribution in [0, 0.1) is 0 Å². The molecule has 0 aliphatic heterocycles. The van der Waals surface area contributed by atoms with Crippen molar-refractivity contribution >= 4 is 11.9 Å². The first-order chi connectivity index (χ1) is 10.6. The van der Waals surface area contributed by atoms with Crippen LogP contribution in [0.2, 0.25) is 0 Å². The summed E-state index contributed by atoms with van der Waals surface area (Å²) in [5.74, 6) is -0.725. The van der Waals surface area contributed by atoms with Gasteiger partial charge in [0, 0.05) is 6.04 Å². The molecule has 1 fully saturated rings. The zero-order valence-electron chi connectivity index (χ0n) is 12.9. The second kappa shape index (κ2) is 7.82. The summed E-state index contributed by atoms with van der Waals surface area (Å²) in [4.78, 5) is 23.2. The lowest BCUT2D eigenvalue weighted by molar-refractivity contribution is -0.121. The molecule has 0 heterocycles. The monoisotopic (exact) mass is 305 g/mol. The molecule has 1 aromatic rings. The highest BCUT2D eigenvalue weighted by Crippen LogP contribution is 2.22. The van der Waals surface area contributed by atoms with Crippen LogP contribution in [0.25, 0.3) is 0 Å². The van der Waals surface area contributed by atoms with Crippen LogP contribution >= 0.6 is 0 Å². The molecule has 1 aliphatic carbocycles. The zero-order chi connectivity index (χ0) is 15.9. The summed E-state index contributed by atoms with van der Waals surface area (Å²) >= 11 is 0. The molecule has 0 bridgehead atoms. The standard InChI is InChI=1S/C17H23NO4/c1-2-22-15-10-12(8-9-14(15)17(20)21)11-16(19)18-13-6-4-3-5-7-13/h8-10,13H,2-7,11H2,1H3,(H,18,19)(H,20,21). The lowest BCUT2D eigenvalue weighted by Gasteiger charge is -2.22. The summed E-state index contributed by atoms with van der Waals surface area (Å²) in [5, 5.41) is 12.2. The van der Waals surface area contributed by atoms with Crippen molar-refractivity contribution in [3.63, 3.8) is 0 Å². The van der Waals surface area contributed by atoms with Gasteiger partial charge in [-0.15, -0.1) is 0 Å². The molecule has 22 heavy (non-hydrogen) atoms. The molecular weight excluding hydrogens is 282 g/mol. The van der Waals surface area contributed by atoms with Crippen LogP contribution in [-0.2, 0) is 11.2 Å². The Kier molecular flexibility index (Phi) is 5.81. The van der Waals surface area contributed by atoms with Crippen molar-refractivity contribution in [1.82, 2.24) is 5.32 Å². The maximum Gasteiger partial charge on any atom is 0.339 e. The van der Waals surface area contributed by atoms with Crippen LogP contribution in [0.3, 0.4) is 0 Å². The number of benzene rings is 1. The molecular formula is C17H23NO4. The van der Waals surface area contributed by atoms with Gasteiger partial charge in [0.15, 0.2) is 0 Å². The Labute approximate surface area is 130 Å². The topological polar surface area (TPSA) is 75.6 Å². The second-order valence-electron chi connectivity index (χ2n) is 5.65. The highest BCUT2D eigenvalue weighted by Gasteiger charge is 2.17. The van der Waals surface area contributed by atoms with Gasteiger partial charge in [-0.25, -0.2) is 4.79 Å². The highest BCUT2D eigenvalue weighted by atomic mass is 16.5.